The fraction of sp³-hybridized carbons (Fsp3) is 0.625. The molecule has 2 N–H and O–H groups in total. The van der Waals surface area contributed by atoms with E-state index >= 15 is 0 Å². The first-order chi connectivity index (χ1) is 9.19. The number of anilines is 1. The Kier molecular flexibility index (Phi) is 5.20. The van der Waals surface area contributed by atoms with Gasteiger partial charge in [0.1, 0.15) is 5.82 Å². The van der Waals surface area contributed by atoms with Crippen LogP contribution in [0.3, 0.4) is 0 Å². The highest BCUT2D eigenvalue weighted by Gasteiger charge is 2.16. The number of halogens is 1. The predicted molar refractivity (Wildman–Crippen MR) is 79.0 cm³/mol. The third-order valence-corrected chi connectivity index (χ3v) is 4.07. The van der Waals surface area contributed by atoms with Gasteiger partial charge in [-0.05, 0) is 55.5 Å². The Labute approximate surface area is 115 Å². The van der Waals surface area contributed by atoms with Gasteiger partial charge in [0.2, 0.25) is 0 Å². The lowest BCUT2D eigenvalue weighted by Crippen LogP contribution is -2.27. The largest absolute Gasteiger partial charge is 0.374 e. The molecule has 0 aromatic heterocycles. The van der Waals surface area contributed by atoms with Crippen molar-refractivity contribution in [3.8, 4) is 0 Å². The summed E-state index contributed by atoms with van der Waals surface area (Å²) in [5.74, 6) is 0.608. The quantitative estimate of drug-likeness (QED) is 0.883. The first-order valence-corrected chi connectivity index (χ1v) is 7.39. The lowest BCUT2D eigenvalue weighted by Gasteiger charge is -2.28. The Morgan fingerprint density at radius 3 is 2.63 bits per heavy atom. The number of benzene rings is 1. The van der Waals surface area contributed by atoms with E-state index in [4.69, 9.17) is 5.73 Å². The van der Waals surface area contributed by atoms with Crippen molar-refractivity contribution < 1.29 is 4.39 Å². The van der Waals surface area contributed by atoms with Crippen LogP contribution in [0, 0.1) is 11.7 Å². The van der Waals surface area contributed by atoms with Crippen molar-refractivity contribution in [1.29, 1.82) is 0 Å². The van der Waals surface area contributed by atoms with Crippen molar-refractivity contribution in [2.24, 2.45) is 11.7 Å². The molecular weight excluding hydrogens is 239 g/mol. The maximum atomic E-state index is 13.6. The molecule has 0 radical (unpaired) electrons. The van der Waals surface area contributed by atoms with Gasteiger partial charge in [0.25, 0.3) is 0 Å². The van der Waals surface area contributed by atoms with E-state index in [9.17, 15) is 4.39 Å². The van der Waals surface area contributed by atoms with Crippen molar-refractivity contribution in [2.45, 2.75) is 38.5 Å². The average Bonchev–Trinajstić information content (AvgIpc) is 2.39. The molecule has 0 aliphatic heterocycles. The second kappa shape index (κ2) is 6.90. The summed E-state index contributed by atoms with van der Waals surface area (Å²) in [6.45, 7) is 1.60. The average molecular weight is 264 g/mol. The van der Waals surface area contributed by atoms with Crippen molar-refractivity contribution in [3.05, 3.63) is 29.6 Å². The van der Waals surface area contributed by atoms with E-state index in [1.807, 2.05) is 0 Å². The van der Waals surface area contributed by atoms with Crippen molar-refractivity contribution in [2.75, 3.05) is 25.0 Å². The van der Waals surface area contributed by atoms with Gasteiger partial charge in [-0.1, -0.05) is 19.3 Å². The van der Waals surface area contributed by atoms with Crippen LogP contribution in [0.5, 0.6) is 0 Å². The zero-order valence-corrected chi connectivity index (χ0v) is 11.9. The van der Waals surface area contributed by atoms with Crippen LogP contribution in [-0.2, 0) is 6.42 Å². The van der Waals surface area contributed by atoms with E-state index < -0.39 is 0 Å². The van der Waals surface area contributed by atoms with E-state index in [-0.39, 0.29) is 5.82 Å². The summed E-state index contributed by atoms with van der Waals surface area (Å²) >= 11 is 0. The van der Waals surface area contributed by atoms with Gasteiger partial charge in [-0.25, -0.2) is 4.39 Å². The van der Waals surface area contributed by atoms with Crippen LogP contribution in [0.4, 0.5) is 10.1 Å². The third kappa shape index (κ3) is 4.20. The summed E-state index contributed by atoms with van der Waals surface area (Å²) in [5, 5.41) is 0. The Morgan fingerprint density at radius 1 is 1.21 bits per heavy atom. The summed E-state index contributed by atoms with van der Waals surface area (Å²) in [5.41, 5.74) is 7.52. The summed E-state index contributed by atoms with van der Waals surface area (Å²) in [7, 11) is 2.07. The summed E-state index contributed by atoms with van der Waals surface area (Å²) in [6.07, 6.45) is 7.44. The van der Waals surface area contributed by atoms with Gasteiger partial charge < -0.3 is 10.6 Å². The number of hydrogen-bond acceptors (Lipinski definition) is 2. The van der Waals surface area contributed by atoms with Crippen LogP contribution in [0.1, 0.15) is 37.7 Å². The smallest absolute Gasteiger partial charge is 0.125 e. The number of hydrogen-bond donors (Lipinski definition) is 1. The Balaban J connectivity index is 2.02. The molecule has 2 nitrogen and oxygen atoms in total. The molecule has 0 unspecified atom stereocenters. The van der Waals surface area contributed by atoms with Crippen LogP contribution >= 0.6 is 0 Å². The highest BCUT2D eigenvalue weighted by molar-refractivity contribution is 5.48. The third-order valence-electron chi connectivity index (χ3n) is 4.07. The molecule has 1 fully saturated rings. The molecule has 1 aliphatic carbocycles. The molecule has 106 valence electrons. The Morgan fingerprint density at radius 2 is 1.95 bits per heavy atom. The monoisotopic (exact) mass is 264 g/mol. The zero-order chi connectivity index (χ0) is 13.7. The van der Waals surface area contributed by atoms with E-state index in [1.165, 1.54) is 32.1 Å². The molecule has 3 heteroatoms. The van der Waals surface area contributed by atoms with Gasteiger partial charge in [-0.3, -0.25) is 0 Å². The molecule has 1 saturated carbocycles. The SMILES string of the molecule is CN(CC1CCCCC1)c1cc(F)cc(CCN)c1. The molecule has 1 aromatic carbocycles. The highest BCUT2D eigenvalue weighted by atomic mass is 19.1. The Bertz CT molecular complexity index is 400. The van der Waals surface area contributed by atoms with E-state index in [1.54, 1.807) is 12.1 Å². The zero-order valence-electron chi connectivity index (χ0n) is 11.9. The van der Waals surface area contributed by atoms with E-state index in [0.29, 0.717) is 6.54 Å². The summed E-state index contributed by atoms with van der Waals surface area (Å²) in [4.78, 5) is 2.19. The molecule has 1 aliphatic rings. The highest BCUT2D eigenvalue weighted by Crippen LogP contribution is 2.26. The van der Waals surface area contributed by atoms with Crippen LogP contribution < -0.4 is 10.6 Å². The van der Waals surface area contributed by atoms with Crippen molar-refractivity contribution >= 4 is 5.69 Å². The minimum Gasteiger partial charge on any atom is -0.374 e. The number of rotatable bonds is 5. The fourth-order valence-electron chi connectivity index (χ4n) is 3.03. The minimum atomic E-state index is -0.156. The van der Waals surface area contributed by atoms with Gasteiger partial charge in [-0.2, -0.15) is 0 Å². The van der Waals surface area contributed by atoms with Crippen LogP contribution in [0.15, 0.2) is 18.2 Å². The first-order valence-electron chi connectivity index (χ1n) is 7.39. The van der Waals surface area contributed by atoms with Gasteiger partial charge in [0.15, 0.2) is 0 Å². The molecule has 0 saturated heterocycles. The lowest BCUT2D eigenvalue weighted by molar-refractivity contribution is 0.362. The van der Waals surface area contributed by atoms with Crippen LogP contribution in [-0.4, -0.2) is 20.1 Å². The number of nitrogens with two attached hydrogens (primary N) is 1. The molecule has 19 heavy (non-hydrogen) atoms. The molecule has 0 atom stereocenters. The second-order valence-corrected chi connectivity index (χ2v) is 5.74. The first kappa shape index (κ1) is 14.3. The molecule has 0 heterocycles. The Hall–Kier alpha value is -1.09. The molecule has 0 amide bonds. The molecule has 1 aromatic rings. The maximum Gasteiger partial charge on any atom is 0.125 e. The van der Waals surface area contributed by atoms with Gasteiger partial charge >= 0.3 is 0 Å². The normalized spacial score (nSPS) is 16.6. The van der Waals surface area contributed by atoms with Gasteiger partial charge in [-0.15, -0.1) is 0 Å². The maximum absolute atomic E-state index is 13.6. The van der Waals surface area contributed by atoms with Crippen LogP contribution in [0.2, 0.25) is 0 Å². The summed E-state index contributed by atoms with van der Waals surface area (Å²) < 4.78 is 13.6. The van der Waals surface area contributed by atoms with Gasteiger partial charge in [0.05, 0.1) is 0 Å². The standard InChI is InChI=1S/C16H25FN2/c1-19(12-13-5-3-2-4-6-13)16-10-14(7-8-18)9-15(17)11-16/h9-11,13H,2-8,12,18H2,1H3. The molecule has 2 rings (SSSR count). The van der Waals surface area contributed by atoms with Crippen molar-refractivity contribution in [3.63, 3.8) is 0 Å². The van der Waals surface area contributed by atoms with Crippen molar-refractivity contribution in [1.82, 2.24) is 0 Å². The predicted octanol–water partition coefficient (Wildman–Crippen LogP) is 3.34. The molecule has 0 spiro atoms. The van der Waals surface area contributed by atoms with Gasteiger partial charge in [0, 0.05) is 19.3 Å². The molecule has 0 bridgehead atoms. The minimum absolute atomic E-state index is 0.156. The number of nitrogens with zero attached hydrogens (tertiary/aromatic N) is 1. The fourth-order valence-corrected chi connectivity index (χ4v) is 3.03. The molecular formula is C16H25FN2. The second-order valence-electron chi connectivity index (χ2n) is 5.74. The van der Waals surface area contributed by atoms with E-state index in [0.717, 1.165) is 30.1 Å². The summed E-state index contributed by atoms with van der Waals surface area (Å²) in [6, 6.07) is 5.28. The topological polar surface area (TPSA) is 29.3 Å². The van der Waals surface area contributed by atoms with Crippen LogP contribution in [0.25, 0.3) is 0 Å². The van der Waals surface area contributed by atoms with E-state index in [2.05, 4.69) is 18.0 Å². The lowest BCUT2D eigenvalue weighted by atomic mass is 9.89.